The number of likely N-dealkylation sites (tertiary alicyclic amines) is 1. The van der Waals surface area contributed by atoms with E-state index in [1.807, 2.05) is 6.92 Å². The molecule has 5 nitrogen and oxygen atoms in total. The minimum Gasteiger partial charge on any atom is -0.393 e. The third-order valence-corrected chi connectivity index (χ3v) is 3.81. The highest BCUT2D eigenvalue weighted by molar-refractivity contribution is 7.07. The molecule has 2 unspecified atom stereocenters. The molecule has 0 spiro atoms. The molecule has 1 aliphatic rings. The van der Waals surface area contributed by atoms with E-state index >= 15 is 0 Å². The van der Waals surface area contributed by atoms with Gasteiger partial charge in [-0.1, -0.05) is 11.4 Å². The molecule has 0 saturated carbocycles. The second-order valence-corrected chi connectivity index (χ2v) is 5.03. The molecule has 16 heavy (non-hydrogen) atoms. The van der Waals surface area contributed by atoms with Gasteiger partial charge in [-0.15, -0.1) is 5.10 Å². The summed E-state index contributed by atoms with van der Waals surface area (Å²) in [6.07, 6.45) is 0.364. The average molecular weight is 241 g/mol. The molecular formula is C10H15N3O2S. The number of aliphatic hydroxyl groups is 1. The number of piperidine rings is 1. The van der Waals surface area contributed by atoms with E-state index in [0.717, 1.165) is 11.5 Å². The normalized spacial score (nSPS) is 25.8. The Morgan fingerprint density at radius 2 is 2.38 bits per heavy atom. The molecule has 6 heteroatoms. The van der Waals surface area contributed by atoms with Crippen molar-refractivity contribution in [3.8, 4) is 0 Å². The molecule has 88 valence electrons. The third-order valence-electron chi connectivity index (χ3n) is 2.99. The molecule has 0 bridgehead atoms. The van der Waals surface area contributed by atoms with Crippen molar-refractivity contribution in [1.82, 2.24) is 14.5 Å². The van der Waals surface area contributed by atoms with Gasteiger partial charge in [-0.05, 0) is 30.8 Å². The monoisotopic (exact) mass is 241 g/mol. The SMILES string of the molecule is Cc1nnsc1C(=O)N1CCC(O)C(C)C1. The maximum Gasteiger partial charge on any atom is 0.267 e. The van der Waals surface area contributed by atoms with E-state index in [-0.39, 0.29) is 17.9 Å². The summed E-state index contributed by atoms with van der Waals surface area (Å²) < 4.78 is 3.77. The molecule has 2 rings (SSSR count). The van der Waals surface area contributed by atoms with Gasteiger partial charge in [0.25, 0.3) is 5.91 Å². The Bertz CT molecular complexity index is 393. The van der Waals surface area contributed by atoms with E-state index in [2.05, 4.69) is 9.59 Å². The number of hydrogen-bond donors (Lipinski definition) is 1. The van der Waals surface area contributed by atoms with Crippen LogP contribution in [-0.4, -0.2) is 44.7 Å². The lowest BCUT2D eigenvalue weighted by atomic mass is 9.96. The van der Waals surface area contributed by atoms with Crippen molar-refractivity contribution >= 4 is 17.4 Å². The van der Waals surface area contributed by atoms with E-state index in [0.29, 0.717) is 30.1 Å². The Labute approximate surface area is 98.2 Å². The van der Waals surface area contributed by atoms with Gasteiger partial charge in [0, 0.05) is 13.1 Å². The first kappa shape index (κ1) is 11.5. The first-order valence-corrected chi connectivity index (χ1v) is 6.13. The zero-order chi connectivity index (χ0) is 11.7. The van der Waals surface area contributed by atoms with Crippen LogP contribution >= 0.6 is 11.5 Å². The van der Waals surface area contributed by atoms with Gasteiger partial charge in [-0.25, -0.2) is 0 Å². The summed E-state index contributed by atoms with van der Waals surface area (Å²) in [5, 5.41) is 13.4. The molecule has 1 aliphatic heterocycles. The van der Waals surface area contributed by atoms with Crippen LogP contribution in [0.3, 0.4) is 0 Å². The maximum atomic E-state index is 12.1. The number of aromatic nitrogens is 2. The van der Waals surface area contributed by atoms with Gasteiger partial charge in [0.1, 0.15) is 4.88 Å². The highest BCUT2D eigenvalue weighted by Crippen LogP contribution is 2.20. The zero-order valence-corrected chi connectivity index (χ0v) is 10.2. The zero-order valence-electron chi connectivity index (χ0n) is 9.38. The number of carbonyl (C=O) groups is 1. The van der Waals surface area contributed by atoms with E-state index in [1.54, 1.807) is 11.8 Å². The lowest BCUT2D eigenvalue weighted by Gasteiger charge is -2.34. The minimum atomic E-state index is -0.287. The van der Waals surface area contributed by atoms with Crippen LogP contribution in [0.1, 0.15) is 28.7 Å². The predicted molar refractivity (Wildman–Crippen MR) is 60.3 cm³/mol. The van der Waals surface area contributed by atoms with Gasteiger partial charge in [0.2, 0.25) is 0 Å². The number of rotatable bonds is 1. The third kappa shape index (κ3) is 2.08. The molecule has 1 aromatic heterocycles. The lowest BCUT2D eigenvalue weighted by molar-refractivity contribution is 0.0300. The van der Waals surface area contributed by atoms with Crippen LogP contribution in [0.5, 0.6) is 0 Å². The van der Waals surface area contributed by atoms with Crippen molar-refractivity contribution < 1.29 is 9.90 Å². The van der Waals surface area contributed by atoms with E-state index in [1.165, 1.54) is 0 Å². The van der Waals surface area contributed by atoms with Crippen molar-refractivity contribution in [3.05, 3.63) is 10.6 Å². The van der Waals surface area contributed by atoms with Crippen LogP contribution in [-0.2, 0) is 0 Å². The fraction of sp³-hybridized carbons (Fsp3) is 0.700. The second kappa shape index (κ2) is 4.47. The fourth-order valence-electron chi connectivity index (χ4n) is 1.89. The average Bonchev–Trinajstić information content (AvgIpc) is 2.67. The summed E-state index contributed by atoms with van der Waals surface area (Å²) in [6.45, 7) is 4.97. The van der Waals surface area contributed by atoms with Crippen LogP contribution in [0.4, 0.5) is 0 Å². The number of nitrogens with zero attached hydrogens (tertiary/aromatic N) is 3. The molecule has 2 heterocycles. The molecule has 2 atom stereocenters. The number of aliphatic hydroxyl groups excluding tert-OH is 1. The highest BCUT2D eigenvalue weighted by atomic mass is 32.1. The number of aryl methyl sites for hydroxylation is 1. The van der Waals surface area contributed by atoms with Crippen LogP contribution in [0.15, 0.2) is 0 Å². The fourth-order valence-corrected chi connectivity index (χ4v) is 2.51. The van der Waals surface area contributed by atoms with Crippen molar-refractivity contribution in [2.45, 2.75) is 26.4 Å². The van der Waals surface area contributed by atoms with Crippen LogP contribution in [0.25, 0.3) is 0 Å². The summed E-state index contributed by atoms with van der Waals surface area (Å²) in [5.41, 5.74) is 0.689. The Balaban J connectivity index is 2.09. The molecule has 1 N–H and O–H groups in total. The Hall–Kier alpha value is -1.01. The van der Waals surface area contributed by atoms with Gasteiger partial charge in [-0.2, -0.15) is 0 Å². The number of hydrogen-bond acceptors (Lipinski definition) is 5. The van der Waals surface area contributed by atoms with Gasteiger partial charge in [0.15, 0.2) is 0 Å². The maximum absolute atomic E-state index is 12.1. The Morgan fingerprint density at radius 3 is 2.94 bits per heavy atom. The van der Waals surface area contributed by atoms with Gasteiger partial charge >= 0.3 is 0 Å². The second-order valence-electron chi connectivity index (χ2n) is 4.27. The molecule has 0 aromatic carbocycles. The van der Waals surface area contributed by atoms with Crippen molar-refractivity contribution in [3.63, 3.8) is 0 Å². The van der Waals surface area contributed by atoms with Crippen LogP contribution in [0.2, 0.25) is 0 Å². The van der Waals surface area contributed by atoms with E-state index in [9.17, 15) is 9.90 Å². The predicted octanol–water partition coefficient (Wildman–Crippen LogP) is 0.689. The first-order chi connectivity index (χ1) is 7.59. The number of carbonyl (C=O) groups excluding carboxylic acids is 1. The minimum absolute atomic E-state index is 0.00810. The van der Waals surface area contributed by atoms with E-state index in [4.69, 9.17) is 0 Å². The molecule has 1 fully saturated rings. The van der Waals surface area contributed by atoms with Crippen LogP contribution < -0.4 is 0 Å². The number of amides is 1. The van der Waals surface area contributed by atoms with Gasteiger partial charge in [0.05, 0.1) is 11.8 Å². The molecule has 1 amide bonds. The topological polar surface area (TPSA) is 66.3 Å². The summed E-state index contributed by atoms with van der Waals surface area (Å²) in [6, 6.07) is 0. The summed E-state index contributed by atoms with van der Waals surface area (Å²) in [7, 11) is 0. The van der Waals surface area contributed by atoms with Crippen molar-refractivity contribution in [1.29, 1.82) is 0 Å². The Kier molecular flexibility index (Phi) is 3.20. The van der Waals surface area contributed by atoms with Crippen molar-refractivity contribution in [2.24, 2.45) is 5.92 Å². The standard InChI is InChI=1S/C10H15N3O2S/c1-6-5-13(4-3-8(6)14)10(15)9-7(2)11-12-16-9/h6,8,14H,3-5H2,1-2H3. The van der Waals surface area contributed by atoms with Gasteiger partial charge in [-0.3, -0.25) is 4.79 Å². The van der Waals surface area contributed by atoms with Gasteiger partial charge < -0.3 is 10.0 Å². The quantitative estimate of drug-likeness (QED) is 0.785. The molecule has 0 aliphatic carbocycles. The lowest BCUT2D eigenvalue weighted by Crippen LogP contribution is -2.44. The molecule has 1 saturated heterocycles. The van der Waals surface area contributed by atoms with Crippen LogP contribution in [0, 0.1) is 12.8 Å². The van der Waals surface area contributed by atoms with E-state index < -0.39 is 0 Å². The first-order valence-electron chi connectivity index (χ1n) is 5.36. The highest BCUT2D eigenvalue weighted by Gasteiger charge is 2.29. The largest absolute Gasteiger partial charge is 0.393 e. The molecule has 1 aromatic rings. The molecule has 0 radical (unpaired) electrons. The Morgan fingerprint density at radius 1 is 1.62 bits per heavy atom. The van der Waals surface area contributed by atoms with Crippen molar-refractivity contribution in [2.75, 3.05) is 13.1 Å². The smallest absolute Gasteiger partial charge is 0.267 e. The summed E-state index contributed by atoms with van der Waals surface area (Å²) in [4.78, 5) is 14.5. The summed E-state index contributed by atoms with van der Waals surface area (Å²) >= 11 is 1.14. The summed E-state index contributed by atoms with van der Waals surface area (Å²) in [5.74, 6) is 0.130. The molecular weight excluding hydrogens is 226 g/mol.